The van der Waals surface area contributed by atoms with Crippen molar-refractivity contribution in [2.24, 2.45) is 0 Å². The summed E-state index contributed by atoms with van der Waals surface area (Å²) in [6.07, 6.45) is 6.50. The van der Waals surface area contributed by atoms with Crippen molar-refractivity contribution in [3.8, 4) is 0 Å². The van der Waals surface area contributed by atoms with E-state index in [1.165, 1.54) is 37.7 Å². The summed E-state index contributed by atoms with van der Waals surface area (Å²) in [5.74, 6) is 0. The number of hydrogen-bond acceptors (Lipinski definition) is 3. The Morgan fingerprint density at radius 3 is 2.16 bits per heavy atom. The van der Waals surface area contributed by atoms with Crippen molar-refractivity contribution in [1.82, 2.24) is 4.90 Å². The van der Waals surface area contributed by atoms with Crippen molar-refractivity contribution < 1.29 is 10.2 Å². The fourth-order valence-corrected chi connectivity index (χ4v) is 2.95. The molecule has 1 fully saturated rings. The summed E-state index contributed by atoms with van der Waals surface area (Å²) in [6, 6.07) is 8.75. The molecule has 1 aromatic rings. The minimum atomic E-state index is 0.100. The zero-order valence-electron chi connectivity index (χ0n) is 11.6. The summed E-state index contributed by atoms with van der Waals surface area (Å²) in [5.41, 5.74) is 2.21. The van der Waals surface area contributed by atoms with Crippen LogP contribution in [0.15, 0.2) is 24.3 Å². The Labute approximate surface area is 115 Å². The van der Waals surface area contributed by atoms with Gasteiger partial charge in [-0.2, -0.15) is 0 Å². The fourth-order valence-electron chi connectivity index (χ4n) is 2.95. The van der Waals surface area contributed by atoms with Gasteiger partial charge in [0.05, 0.1) is 13.2 Å². The topological polar surface area (TPSA) is 43.7 Å². The lowest BCUT2D eigenvalue weighted by Crippen LogP contribution is -2.38. The maximum Gasteiger partial charge on any atom is 0.0681 e. The Kier molecular flexibility index (Phi) is 5.83. The Morgan fingerprint density at radius 1 is 0.947 bits per heavy atom. The Bertz CT molecular complexity index is 358. The lowest BCUT2D eigenvalue weighted by atomic mass is 9.94. The molecule has 3 nitrogen and oxygen atoms in total. The molecule has 0 saturated heterocycles. The second kappa shape index (κ2) is 7.63. The summed E-state index contributed by atoms with van der Waals surface area (Å²) in [4.78, 5) is 2.41. The molecule has 0 spiro atoms. The Hall–Kier alpha value is -0.900. The highest BCUT2D eigenvalue weighted by Gasteiger charge is 2.20. The van der Waals surface area contributed by atoms with Crippen LogP contribution in [-0.4, -0.2) is 34.3 Å². The largest absolute Gasteiger partial charge is 0.395 e. The average Bonchev–Trinajstić information content (AvgIpc) is 2.48. The van der Waals surface area contributed by atoms with Gasteiger partial charge in [-0.3, -0.25) is 4.90 Å². The summed E-state index contributed by atoms with van der Waals surface area (Å²) in [7, 11) is 0. The molecule has 0 amide bonds. The molecular formula is C16H25NO2. The summed E-state index contributed by atoms with van der Waals surface area (Å²) < 4.78 is 0. The summed E-state index contributed by atoms with van der Waals surface area (Å²) in [6.45, 7) is 1.98. The number of nitrogens with zero attached hydrogens (tertiary/aromatic N) is 1. The second-order valence-corrected chi connectivity index (χ2v) is 5.46. The van der Waals surface area contributed by atoms with Crippen LogP contribution in [0.4, 0.5) is 0 Å². The van der Waals surface area contributed by atoms with Gasteiger partial charge in [-0.15, -0.1) is 0 Å². The van der Waals surface area contributed by atoms with E-state index in [0.29, 0.717) is 6.04 Å². The van der Waals surface area contributed by atoms with Gasteiger partial charge in [0, 0.05) is 19.1 Å². The quantitative estimate of drug-likeness (QED) is 0.827. The molecule has 0 bridgehead atoms. The molecule has 0 aromatic heterocycles. The molecule has 0 aliphatic heterocycles. The molecule has 0 unspecified atom stereocenters. The highest BCUT2D eigenvalue weighted by molar-refractivity contribution is 5.22. The monoisotopic (exact) mass is 263 g/mol. The summed E-state index contributed by atoms with van der Waals surface area (Å²) in [5, 5.41) is 18.3. The van der Waals surface area contributed by atoms with Crippen molar-refractivity contribution in [2.75, 3.05) is 13.2 Å². The van der Waals surface area contributed by atoms with Gasteiger partial charge < -0.3 is 10.2 Å². The van der Waals surface area contributed by atoms with E-state index in [9.17, 15) is 5.11 Å². The van der Waals surface area contributed by atoms with Crippen LogP contribution in [0.5, 0.6) is 0 Å². The van der Waals surface area contributed by atoms with E-state index < -0.39 is 0 Å². The van der Waals surface area contributed by atoms with Gasteiger partial charge in [0.25, 0.3) is 0 Å². The van der Waals surface area contributed by atoms with Gasteiger partial charge in [-0.25, -0.2) is 0 Å². The highest BCUT2D eigenvalue weighted by Crippen LogP contribution is 2.23. The van der Waals surface area contributed by atoms with Crippen LogP contribution in [0.25, 0.3) is 0 Å². The van der Waals surface area contributed by atoms with Gasteiger partial charge in [-0.1, -0.05) is 43.5 Å². The van der Waals surface area contributed by atoms with Crippen LogP contribution in [0.3, 0.4) is 0 Å². The molecule has 1 aromatic carbocycles. The highest BCUT2D eigenvalue weighted by atomic mass is 16.3. The third-order valence-corrected chi connectivity index (χ3v) is 4.07. The maximum absolute atomic E-state index is 9.25. The van der Waals surface area contributed by atoms with Crippen LogP contribution in [-0.2, 0) is 13.2 Å². The molecule has 19 heavy (non-hydrogen) atoms. The van der Waals surface area contributed by atoms with Crippen molar-refractivity contribution in [1.29, 1.82) is 0 Å². The van der Waals surface area contributed by atoms with Crippen molar-refractivity contribution in [2.45, 2.75) is 51.3 Å². The van der Waals surface area contributed by atoms with Crippen molar-refractivity contribution in [3.05, 3.63) is 35.4 Å². The number of hydrogen-bond donors (Lipinski definition) is 2. The van der Waals surface area contributed by atoms with Gasteiger partial charge >= 0.3 is 0 Å². The first-order valence-corrected chi connectivity index (χ1v) is 7.37. The van der Waals surface area contributed by atoms with E-state index in [1.54, 1.807) is 0 Å². The first-order valence-electron chi connectivity index (χ1n) is 7.37. The first-order chi connectivity index (χ1) is 9.33. The van der Waals surface area contributed by atoms with E-state index in [0.717, 1.165) is 18.7 Å². The average molecular weight is 263 g/mol. The molecular weight excluding hydrogens is 238 g/mol. The standard InChI is InChI=1S/C16H25NO2/c18-11-10-17(16-4-2-1-3-5-16)12-14-6-8-15(13-19)9-7-14/h6-9,16,18-19H,1-5,10-13H2. The van der Waals surface area contributed by atoms with Crippen LogP contribution < -0.4 is 0 Å². The van der Waals surface area contributed by atoms with Crippen LogP contribution in [0, 0.1) is 0 Å². The number of benzene rings is 1. The third-order valence-electron chi connectivity index (χ3n) is 4.07. The zero-order valence-corrected chi connectivity index (χ0v) is 11.6. The van der Waals surface area contributed by atoms with Gasteiger partial charge in [0.2, 0.25) is 0 Å². The van der Waals surface area contributed by atoms with E-state index in [4.69, 9.17) is 5.11 Å². The van der Waals surface area contributed by atoms with Crippen molar-refractivity contribution >= 4 is 0 Å². The Morgan fingerprint density at radius 2 is 1.58 bits per heavy atom. The maximum atomic E-state index is 9.25. The number of rotatable bonds is 6. The van der Waals surface area contributed by atoms with E-state index in [-0.39, 0.29) is 13.2 Å². The lowest BCUT2D eigenvalue weighted by Gasteiger charge is -2.34. The van der Waals surface area contributed by atoms with Crippen molar-refractivity contribution in [3.63, 3.8) is 0 Å². The van der Waals surface area contributed by atoms with Gasteiger partial charge in [-0.05, 0) is 24.0 Å². The third kappa shape index (κ3) is 4.30. The molecule has 2 N–H and O–H groups in total. The van der Waals surface area contributed by atoms with Crippen LogP contribution in [0.2, 0.25) is 0 Å². The van der Waals surface area contributed by atoms with E-state index >= 15 is 0 Å². The van der Waals surface area contributed by atoms with Gasteiger partial charge in [0.1, 0.15) is 0 Å². The number of aliphatic hydroxyl groups excluding tert-OH is 2. The molecule has 3 heteroatoms. The molecule has 1 aliphatic carbocycles. The smallest absolute Gasteiger partial charge is 0.0681 e. The molecule has 2 rings (SSSR count). The van der Waals surface area contributed by atoms with Crippen LogP contribution >= 0.6 is 0 Å². The predicted octanol–water partition coefficient (Wildman–Crippen LogP) is 2.31. The lowest BCUT2D eigenvalue weighted by molar-refractivity contribution is 0.117. The predicted molar refractivity (Wildman–Crippen MR) is 76.7 cm³/mol. The second-order valence-electron chi connectivity index (χ2n) is 5.46. The summed E-state index contributed by atoms with van der Waals surface area (Å²) >= 11 is 0. The minimum Gasteiger partial charge on any atom is -0.395 e. The SMILES string of the molecule is OCCN(Cc1ccc(CO)cc1)C1CCCCC1. The van der Waals surface area contributed by atoms with Gasteiger partial charge in [0.15, 0.2) is 0 Å². The fraction of sp³-hybridized carbons (Fsp3) is 0.625. The number of aliphatic hydroxyl groups is 2. The zero-order chi connectivity index (χ0) is 13.5. The molecule has 0 heterocycles. The molecule has 1 saturated carbocycles. The molecule has 106 valence electrons. The Balaban J connectivity index is 1.97. The van der Waals surface area contributed by atoms with E-state index in [2.05, 4.69) is 17.0 Å². The molecule has 0 atom stereocenters. The minimum absolute atomic E-state index is 0.100. The normalized spacial score (nSPS) is 17.0. The molecule has 0 radical (unpaired) electrons. The van der Waals surface area contributed by atoms with Crippen LogP contribution in [0.1, 0.15) is 43.2 Å². The molecule has 1 aliphatic rings. The first kappa shape index (κ1) is 14.5. The van der Waals surface area contributed by atoms with E-state index in [1.807, 2.05) is 12.1 Å².